The summed E-state index contributed by atoms with van der Waals surface area (Å²) in [5, 5.41) is 3.55. The topological polar surface area (TPSA) is 56.5 Å². The van der Waals surface area contributed by atoms with E-state index in [2.05, 4.69) is 12.2 Å². The standard InChI is InChI=1S/C12H24N2O2/c1-12(2-4-15-5-3-12)9-14-6-10-7-16-8-11(10)13/h10-11,14H,2-9,13H2,1H3. The van der Waals surface area contributed by atoms with Gasteiger partial charge in [0.25, 0.3) is 0 Å². The van der Waals surface area contributed by atoms with Crippen molar-refractivity contribution in [2.45, 2.75) is 25.8 Å². The third kappa shape index (κ3) is 3.17. The molecule has 2 heterocycles. The molecule has 2 saturated heterocycles. The maximum absolute atomic E-state index is 5.95. The van der Waals surface area contributed by atoms with Crippen LogP contribution in [-0.2, 0) is 9.47 Å². The Morgan fingerprint density at radius 2 is 2.00 bits per heavy atom. The number of hydrogen-bond donors (Lipinski definition) is 2. The third-order valence-electron chi connectivity index (χ3n) is 3.91. The Morgan fingerprint density at radius 3 is 2.62 bits per heavy atom. The van der Waals surface area contributed by atoms with Gasteiger partial charge in [-0.3, -0.25) is 0 Å². The first kappa shape index (κ1) is 12.3. The van der Waals surface area contributed by atoms with Gasteiger partial charge in [0.1, 0.15) is 0 Å². The Morgan fingerprint density at radius 1 is 1.25 bits per heavy atom. The van der Waals surface area contributed by atoms with E-state index in [9.17, 15) is 0 Å². The Kier molecular flexibility index (Phi) is 4.19. The SMILES string of the molecule is CC1(CNCC2COCC2N)CCOCC1. The van der Waals surface area contributed by atoms with Crippen LogP contribution in [0.4, 0.5) is 0 Å². The lowest BCUT2D eigenvalue weighted by Gasteiger charge is -2.34. The highest BCUT2D eigenvalue weighted by atomic mass is 16.5. The molecule has 0 spiro atoms. The van der Waals surface area contributed by atoms with Crippen molar-refractivity contribution in [3.05, 3.63) is 0 Å². The van der Waals surface area contributed by atoms with Crippen LogP contribution in [0.25, 0.3) is 0 Å². The lowest BCUT2D eigenvalue weighted by Crippen LogP contribution is -2.41. The quantitative estimate of drug-likeness (QED) is 0.730. The van der Waals surface area contributed by atoms with Gasteiger partial charge in [-0.15, -0.1) is 0 Å². The molecular formula is C12H24N2O2. The van der Waals surface area contributed by atoms with Crippen LogP contribution < -0.4 is 11.1 Å². The monoisotopic (exact) mass is 228 g/mol. The average Bonchev–Trinajstić information content (AvgIpc) is 2.65. The summed E-state index contributed by atoms with van der Waals surface area (Å²) in [4.78, 5) is 0. The van der Waals surface area contributed by atoms with Crippen molar-refractivity contribution < 1.29 is 9.47 Å². The summed E-state index contributed by atoms with van der Waals surface area (Å²) < 4.78 is 10.7. The fourth-order valence-corrected chi connectivity index (χ4v) is 2.43. The van der Waals surface area contributed by atoms with Crippen LogP contribution in [0, 0.1) is 11.3 Å². The van der Waals surface area contributed by atoms with Crippen LogP contribution >= 0.6 is 0 Å². The molecule has 0 amide bonds. The zero-order chi connectivity index (χ0) is 11.4. The van der Waals surface area contributed by atoms with Gasteiger partial charge >= 0.3 is 0 Å². The molecule has 0 aromatic carbocycles. The highest BCUT2D eigenvalue weighted by Crippen LogP contribution is 2.28. The van der Waals surface area contributed by atoms with Gasteiger partial charge < -0.3 is 20.5 Å². The molecule has 2 atom stereocenters. The lowest BCUT2D eigenvalue weighted by molar-refractivity contribution is 0.0237. The summed E-state index contributed by atoms with van der Waals surface area (Å²) in [6.07, 6.45) is 2.32. The van der Waals surface area contributed by atoms with Gasteiger partial charge in [0.05, 0.1) is 13.2 Å². The Balaban J connectivity index is 1.66. The average molecular weight is 228 g/mol. The second kappa shape index (κ2) is 5.45. The molecule has 0 bridgehead atoms. The fraction of sp³-hybridized carbons (Fsp3) is 1.00. The van der Waals surface area contributed by atoms with Crippen molar-refractivity contribution in [1.82, 2.24) is 5.32 Å². The van der Waals surface area contributed by atoms with Gasteiger partial charge in [-0.25, -0.2) is 0 Å². The molecule has 0 radical (unpaired) electrons. The van der Waals surface area contributed by atoms with Gasteiger partial charge in [0, 0.05) is 38.3 Å². The normalized spacial score (nSPS) is 34.1. The first-order valence-corrected chi connectivity index (χ1v) is 6.31. The van der Waals surface area contributed by atoms with Crippen molar-refractivity contribution in [3.63, 3.8) is 0 Å². The van der Waals surface area contributed by atoms with E-state index < -0.39 is 0 Å². The summed E-state index contributed by atoms with van der Waals surface area (Å²) >= 11 is 0. The fourth-order valence-electron chi connectivity index (χ4n) is 2.43. The number of nitrogens with one attached hydrogen (secondary N) is 1. The van der Waals surface area contributed by atoms with Crippen LogP contribution in [0.15, 0.2) is 0 Å². The summed E-state index contributed by atoms with van der Waals surface area (Å²) in [5.41, 5.74) is 6.35. The summed E-state index contributed by atoms with van der Waals surface area (Å²) in [5.74, 6) is 0.489. The van der Waals surface area contributed by atoms with Gasteiger partial charge in [0.15, 0.2) is 0 Å². The molecule has 4 heteroatoms. The van der Waals surface area contributed by atoms with Crippen molar-refractivity contribution >= 4 is 0 Å². The highest BCUT2D eigenvalue weighted by Gasteiger charge is 2.29. The van der Waals surface area contributed by atoms with E-state index in [1.54, 1.807) is 0 Å². The number of rotatable bonds is 4. The molecule has 16 heavy (non-hydrogen) atoms. The van der Waals surface area contributed by atoms with Gasteiger partial charge in [0.2, 0.25) is 0 Å². The third-order valence-corrected chi connectivity index (χ3v) is 3.91. The van der Waals surface area contributed by atoms with Crippen molar-refractivity contribution in [1.29, 1.82) is 0 Å². The molecular weight excluding hydrogens is 204 g/mol. The second-order valence-corrected chi connectivity index (χ2v) is 5.52. The number of ether oxygens (including phenoxy) is 2. The van der Waals surface area contributed by atoms with Gasteiger partial charge in [-0.1, -0.05) is 6.92 Å². The molecule has 2 aliphatic rings. The van der Waals surface area contributed by atoms with Gasteiger partial charge in [-0.05, 0) is 18.3 Å². The lowest BCUT2D eigenvalue weighted by atomic mass is 9.82. The molecule has 2 rings (SSSR count). The molecule has 4 nitrogen and oxygen atoms in total. The molecule has 94 valence electrons. The van der Waals surface area contributed by atoms with Gasteiger partial charge in [-0.2, -0.15) is 0 Å². The van der Waals surface area contributed by atoms with Crippen LogP contribution in [0.5, 0.6) is 0 Å². The van der Waals surface area contributed by atoms with Crippen LogP contribution in [0.2, 0.25) is 0 Å². The maximum atomic E-state index is 5.95. The second-order valence-electron chi connectivity index (χ2n) is 5.52. The van der Waals surface area contributed by atoms with Crippen LogP contribution in [0.3, 0.4) is 0 Å². The van der Waals surface area contributed by atoms with E-state index in [0.29, 0.717) is 11.3 Å². The molecule has 2 fully saturated rings. The van der Waals surface area contributed by atoms with Crippen molar-refractivity contribution in [2.75, 3.05) is 39.5 Å². The minimum Gasteiger partial charge on any atom is -0.381 e. The largest absolute Gasteiger partial charge is 0.381 e. The maximum Gasteiger partial charge on any atom is 0.0621 e. The van der Waals surface area contributed by atoms with E-state index >= 15 is 0 Å². The van der Waals surface area contributed by atoms with E-state index in [4.69, 9.17) is 15.2 Å². The number of nitrogens with two attached hydrogens (primary N) is 1. The minimum atomic E-state index is 0.218. The Bertz CT molecular complexity index is 217. The zero-order valence-electron chi connectivity index (χ0n) is 10.2. The zero-order valence-corrected chi connectivity index (χ0v) is 10.2. The van der Waals surface area contributed by atoms with Crippen molar-refractivity contribution in [2.24, 2.45) is 17.1 Å². The molecule has 2 unspecified atom stereocenters. The molecule has 0 aliphatic carbocycles. The Hall–Kier alpha value is -0.160. The summed E-state index contributed by atoms with van der Waals surface area (Å²) in [7, 11) is 0. The Labute approximate surface area is 97.9 Å². The van der Waals surface area contributed by atoms with E-state index in [-0.39, 0.29) is 6.04 Å². The minimum absolute atomic E-state index is 0.218. The smallest absolute Gasteiger partial charge is 0.0621 e. The van der Waals surface area contributed by atoms with E-state index in [1.165, 1.54) is 0 Å². The first-order valence-electron chi connectivity index (χ1n) is 6.31. The van der Waals surface area contributed by atoms with Crippen molar-refractivity contribution in [3.8, 4) is 0 Å². The van der Waals surface area contributed by atoms with Crippen LogP contribution in [0.1, 0.15) is 19.8 Å². The van der Waals surface area contributed by atoms with Crippen LogP contribution in [-0.4, -0.2) is 45.6 Å². The predicted octanol–water partition coefficient (Wildman–Crippen LogP) is 0.366. The molecule has 0 aromatic rings. The summed E-state index contributed by atoms with van der Waals surface area (Å²) in [6.45, 7) is 7.74. The van der Waals surface area contributed by atoms with E-state index in [0.717, 1.165) is 52.4 Å². The number of hydrogen-bond acceptors (Lipinski definition) is 4. The predicted molar refractivity (Wildman–Crippen MR) is 63.3 cm³/mol. The highest BCUT2D eigenvalue weighted by molar-refractivity contribution is 4.83. The summed E-state index contributed by atoms with van der Waals surface area (Å²) in [6, 6.07) is 0.218. The first-order chi connectivity index (χ1) is 7.70. The molecule has 2 aliphatic heterocycles. The molecule has 0 aromatic heterocycles. The molecule has 3 N–H and O–H groups in total. The molecule has 0 saturated carbocycles. The van der Waals surface area contributed by atoms with E-state index in [1.807, 2.05) is 0 Å².